The molecule has 6 heteroatoms. The maximum Gasteiger partial charge on any atom is 0.336 e. The van der Waals surface area contributed by atoms with Crippen molar-refractivity contribution in [2.24, 2.45) is 0 Å². The average Bonchev–Trinajstić information content (AvgIpc) is 2.67. The Morgan fingerprint density at radius 3 is 2.12 bits per heavy atom. The van der Waals surface area contributed by atoms with Crippen LogP contribution in [0.3, 0.4) is 0 Å². The fourth-order valence-electron chi connectivity index (χ4n) is 2.49. The van der Waals surface area contributed by atoms with E-state index >= 15 is 0 Å². The van der Waals surface area contributed by atoms with Crippen molar-refractivity contribution in [2.75, 3.05) is 21.3 Å². The largest absolute Gasteiger partial charge is 0.493 e. The Bertz CT molecular complexity index is 760. The van der Waals surface area contributed by atoms with E-state index < -0.39 is 17.4 Å². The summed E-state index contributed by atoms with van der Waals surface area (Å²) in [6, 6.07) is 13.7. The lowest BCUT2D eigenvalue weighted by molar-refractivity contribution is -0.147. The highest BCUT2D eigenvalue weighted by atomic mass is 16.5. The number of benzene rings is 2. The van der Waals surface area contributed by atoms with Crippen LogP contribution in [0.5, 0.6) is 11.5 Å². The van der Waals surface area contributed by atoms with Crippen molar-refractivity contribution >= 4 is 11.9 Å². The quantitative estimate of drug-likeness (QED) is 0.816. The molecule has 0 bridgehead atoms. The molecule has 0 radical (unpaired) electrons. The van der Waals surface area contributed by atoms with Gasteiger partial charge in [-0.25, -0.2) is 4.79 Å². The number of amides is 1. The zero-order valence-corrected chi connectivity index (χ0v) is 14.7. The van der Waals surface area contributed by atoms with Crippen LogP contribution in [0.4, 0.5) is 0 Å². The van der Waals surface area contributed by atoms with Crippen LogP contribution in [0.25, 0.3) is 0 Å². The van der Waals surface area contributed by atoms with E-state index in [0.717, 1.165) is 0 Å². The predicted molar refractivity (Wildman–Crippen MR) is 92.8 cm³/mol. The molecule has 0 spiro atoms. The molecule has 0 heterocycles. The van der Waals surface area contributed by atoms with Gasteiger partial charge in [0.1, 0.15) is 0 Å². The Balaban J connectivity index is 2.36. The van der Waals surface area contributed by atoms with E-state index in [4.69, 9.17) is 14.2 Å². The molecule has 25 heavy (non-hydrogen) atoms. The van der Waals surface area contributed by atoms with Crippen LogP contribution in [0, 0.1) is 0 Å². The topological polar surface area (TPSA) is 73.9 Å². The summed E-state index contributed by atoms with van der Waals surface area (Å²) in [6.07, 6.45) is 0. The minimum absolute atomic E-state index is 0.337. The van der Waals surface area contributed by atoms with Gasteiger partial charge in [0.25, 0.3) is 5.91 Å². The van der Waals surface area contributed by atoms with Crippen molar-refractivity contribution in [1.82, 2.24) is 5.32 Å². The molecule has 1 amide bonds. The van der Waals surface area contributed by atoms with Crippen molar-refractivity contribution in [3.63, 3.8) is 0 Å². The maximum absolute atomic E-state index is 12.7. The zero-order valence-electron chi connectivity index (χ0n) is 14.7. The smallest absolute Gasteiger partial charge is 0.336 e. The van der Waals surface area contributed by atoms with Gasteiger partial charge in [0.05, 0.1) is 21.3 Å². The summed E-state index contributed by atoms with van der Waals surface area (Å²) in [5.74, 6) is -0.0577. The van der Waals surface area contributed by atoms with Crippen LogP contribution in [0.15, 0.2) is 48.5 Å². The highest BCUT2D eigenvalue weighted by Gasteiger charge is 2.38. The summed E-state index contributed by atoms with van der Waals surface area (Å²) in [5.41, 5.74) is -0.361. The molecule has 2 rings (SSSR count). The normalized spacial score (nSPS) is 12.6. The van der Waals surface area contributed by atoms with Gasteiger partial charge in [0.2, 0.25) is 0 Å². The molecular formula is C19H21NO5. The molecule has 0 aliphatic carbocycles. The lowest BCUT2D eigenvalue weighted by Gasteiger charge is -2.28. The van der Waals surface area contributed by atoms with Crippen molar-refractivity contribution in [1.29, 1.82) is 0 Å². The molecule has 1 atom stereocenters. The summed E-state index contributed by atoms with van der Waals surface area (Å²) >= 11 is 0. The number of nitrogens with one attached hydrogen (secondary N) is 1. The summed E-state index contributed by atoms with van der Waals surface area (Å²) < 4.78 is 15.3. The molecule has 0 fully saturated rings. The predicted octanol–water partition coefficient (Wildman–Crippen LogP) is 2.52. The van der Waals surface area contributed by atoms with Crippen LogP contribution < -0.4 is 14.8 Å². The molecule has 1 N–H and O–H groups in total. The number of methoxy groups -OCH3 is 3. The van der Waals surface area contributed by atoms with Crippen molar-refractivity contribution in [2.45, 2.75) is 12.5 Å². The molecule has 132 valence electrons. The Morgan fingerprint density at radius 2 is 1.56 bits per heavy atom. The van der Waals surface area contributed by atoms with Gasteiger partial charge in [-0.2, -0.15) is 0 Å². The first-order valence-electron chi connectivity index (χ1n) is 7.64. The summed E-state index contributed by atoms with van der Waals surface area (Å²) in [4.78, 5) is 25.0. The van der Waals surface area contributed by atoms with Gasteiger partial charge in [-0.1, -0.05) is 30.3 Å². The Labute approximate surface area is 146 Å². The number of rotatable bonds is 6. The molecule has 0 aliphatic rings. The highest BCUT2D eigenvalue weighted by molar-refractivity contribution is 5.98. The van der Waals surface area contributed by atoms with Crippen molar-refractivity contribution in [3.8, 4) is 11.5 Å². The molecule has 2 aromatic rings. The Morgan fingerprint density at radius 1 is 0.920 bits per heavy atom. The molecule has 0 saturated carbocycles. The SMILES string of the molecule is COC(=O)C(C)(NC(=O)c1ccc(OC)c(OC)c1)c1ccccc1. The summed E-state index contributed by atoms with van der Waals surface area (Å²) in [7, 11) is 4.29. The molecule has 0 saturated heterocycles. The van der Waals surface area contributed by atoms with Gasteiger partial charge in [0, 0.05) is 5.56 Å². The highest BCUT2D eigenvalue weighted by Crippen LogP contribution is 2.28. The number of ether oxygens (including phenoxy) is 3. The first-order chi connectivity index (χ1) is 12.0. The van der Waals surface area contributed by atoms with E-state index in [1.165, 1.54) is 21.3 Å². The number of hydrogen-bond acceptors (Lipinski definition) is 5. The molecule has 2 aromatic carbocycles. The monoisotopic (exact) mass is 343 g/mol. The minimum atomic E-state index is -1.32. The third kappa shape index (κ3) is 3.74. The standard InChI is InChI=1S/C19H21NO5/c1-19(18(22)25-4,14-8-6-5-7-9-14)20-17(21)13-10-11-15(23-2)16(12-13)24-3/h5-12H,1-4H3,(H,20,21). The second-order valence-corrected chi connectivity index (χ2v) is 5.51. The third-order valence-electron chi connectivity index (χ3n) is 3.95. The summed E-state index contributed by atoms with van der Waals surface area (Å²) in [6.45, 7) is 1.60. The van der Waals surface area contributed by atoms with E-state index in [0.29, 0.717) is 22.6 Å². The van der Waals surface area contributed by atoms with Crippen LogP contribution >= 0.6 is 0 Å². The number of hydrogen-bond donors (Lipinski definition) is 1. The lowest BCUT2D eigenvalue weighted by Crippen LogP contribution is -2.50. The third-order valence-corrected chi connectivity index (χ3v) is 3.95. The zero-order chi connectivity index (χ0) is 18.4. The average molecular weight is 343 g/mol. The second kappa shape index (κ2) is 7.70. The van der Waals surface area contributed by atoms with Gasteiger partial charge in [-0.3, -0.25) is 4.79 Å². The molecule has 1 unspecified atom stereocenters. The number of esters is 1. The first-order valence-corrected chi connectivity index (χ1v) is 7.64. The van der Waals surface area contributed by atoms with Crippen molar-refractivity contribution in [3.05, 3.63) is 59.7 Å². The fourth-order valence-corrected chi connectivity index (χ4v) is 2.49. The van der Waals surface area contributed by atoms with Crippen LogP contribution in [-0.2, 0) is 15.1 Å². The Kier molecular flexibility index (Phi) is 5.64. The van der Waals surface area contributed by atoms with Gasteiger partial charge >= 0.3 is 5.97 Å². The summed E-state index contributed by atoms with van der Waals surface area (Å²) in [5, 5.41) is 2.76. The van der Waals surface area contributed by atoms with E-state index in [2.05, 4.69) is 5.32 Å². The van der Waals surface area contributed by atoms with Crippen molar-refractivity contribution < 1.29 is 23.8 Å². The minimum Gasteiger partial charge on any atom is -0.493 e. The van der Waals surface area contributed by atoms with Gasteiger partial charge in [0.15, 0.2) is 17.0 Å². The number of carbonyl (C=O) groups is 2. The fraction of sp³-hybridized carbons (Fsp3) is 0.263. The molecule has 0 aliphatic heterocycles. The molecule has 0 aromatic heterocycles. The van der Waals surface area contributed by atoms with Crippen LogP contribution in [-0.4, -0.2) is 33.2 Å². The van der Waals surface area contributed by atoms with E-state index in [9.17, 15) is 9.59 Å². The first kappa shape index (κ1) is 18.3. The van der Waals surface area contributed by atoms with E-state index in [1.54, 1.807) is 49.4 Å². The van der Waals surface area contributed by atoms with E-state index in [-0.39, 0.29) is 0 Å². The number of carbonyl (C=O) groups excluding carboxylic acids is 2. The van der Waals surface area contributed by atoms with Crippen LogP contribution in [0.1, 0.15) is 22.8 Å². The van der Waals surface area contributed by atoms with Crippen LogP contribution in [0.2, 0.25) is 0 Å². The van der Waals surface area contributed by atoms with E-state index in [1.807, 2.05) is 6.07 Å². The van der Waals surface area contributed by atoms with Gasteiger partial charge < -0.3 is 19.5 Å². The van der Waals surface area contributed by atoms with Gasteiger partial charge in [-0.15, -0.1) is 0 Å². The second-order valence-electron chi connectivity index (χ2n) is 5.51. The Hall–Kier alpha value is -3.02. The molecule has 6 nitrogen and oxygen atoms in total. The lowest BCUT2D eigenvalue weighted by atomic mass is 9.91. The van der Waals surface area contributed by atoms with Gasteiger partial charge in [-0.05, 0) is 30.7 Å². The molecular weight excluding hydrogens is 322 g/mol. The maximum atomic E-state index is 12.7.